The number of rotatable bonds is 2. The van der Waals surface area contributed by atoms with Crippen LogP contribution in [0.4, 0.5) is 0 Å². The van der Waals surface area contributed by atoms with Gasteiger partial charge in [0.05, 0.1) is 0 Å². The van der Waals surface area contributed by atoms with Crippen LogP contribution in [0, 0.1) is 12.3 Å². The average molecular weight is 315 g/mol. The second-order valence-corrected chi connectivity index (χ2v) is 1.31. The molecule has 1 radical (unpaired) electrons. The first kappa shape index (κ1) is 53.6. The first-order chi connectivity index (χ1) is 8.91. The van der Waals surface area contributed by atoms with E-state index >= 15 is 0 Å². The van der Waals surface area contributed by atoms with Crippen LogP contribution in [-0.4, -0.2) is 40.7 Å². The first-order valence-electron chi connectivity index (χ1n) is 3.76. The van der Waals surface area contributed by atoms with Gasteiger partial charge in [0, 0.05) is 23.2 Å². The normalized spacial score (nSPS) is 3.58. The van der Waals surface area contributed by atoms with Crippen LogP contribution in [0.5, 0.6) is 0 Å². The summed E-state index contributed by atoms with van der Waals surface area (Å²) in [6, 6.07) is 0. The van der Waals surface area contributed by atoms with Gasteiger partial charge in [-0.3, -0.25) is 40.7 Å². The van der Waals surface area contributed by atoms with Gasteiger partial charge in [-0.1, -0.05) is 13.3 Å². The molecule has 0 heterocycles. The smallest absolute Gasteiger partial charge is 0.00859 e. The summed E-state index contributed by atoms with van der Waals surface area (Å²) in [4.78, 5) is 46.5. The Morgan fingerprint density at radius 2 is 0.947 bits per heavy atom. The largest absolute Gasteiger partial charge is 0.545 e. The van der Waals surface area contributed by atoms with Crippen molar-refractivity contribution in [3.05, 3.63) is 0 Å². The SMILES string of the molecule is C#CCCCC.[CH-]=O.[CH-]=O.[CH-]=O.[CH-]=O.[CH-]=O.[CH-]=O.[Co]. The van der Waals surface area contributed by atoms with Crippen molar-refractivity contribution in [2.24, 2.45) is 0 Å². The van der Waals surface area contributed by atoms with Crippen molar-refractivity contribution in [1.82, 2.24) is 0 Å². The maximum Gasteiger partial charge on any atom is 0.00859 e. The van der Waals surface area contributed by atoms with Crippen LogP contribution in [0.1, 0.15) is 26.2 Å². The summed E-state index contributed by atoms with van der Waals surface area (Å²) in [6.45, 7) is 21.6. The van der Waals surface area contributed by atoms with Gasteiger partial charge in [0.25, 0.3) is 0 Å². The maximum atomic E-state index is 7.75. The molecule has 0 saturated heterocycles. The van der Waals surface area contributed by atoms with Crippen molar-refractivity contribution in [1.29, 1.82) is 0 Å². The van der Waals surface area contributed by atoms with E-state index in [1.807, 2.05) is 0 Å². The third-order valence-electron chi connectivity index (χ3n) is 0.675. The van der Waals surface area contributed by atoms with Crippen LogP contribution < -0.4 is 0 Å². The molecule has 0 aromatic rings. The Labute approximate surface area is 125 Å². The minimum atomic E-state index is 0. The summed E-state index contributed by atoms with van der Waals surface area (Å²) in [6.07, 6.45) is 8.30. The van der Waals surface area contributed by atoms with Gasteiger partial charge >= 0.3 is 0 Å². The summed E-state index contributed by atoms with van der Waals surface area (Å²) in [5.41, 5.74) is 0. The Morgan fingerprint density at radius 1 is 0.737 bits per heavy atom. The zero-order valence-corrected chi connectivity index (χ0v) is 11.5. The molecule has 0 rings (SSSR count). The Kier molecular flexibility index (Phi) is 2370. The molecule has 0 N–H and O–H groups in total. The fourth-order valence-electron chi connectivity index (χ4n) is 0.279. The standard InChI is InChI=1S/C6H10.6CHO.Co/c1-3-5-6-4-2;6*1-2;/h1H,4-6H2,2H3;6*1H;/q;6*-1;. The van der Waals surface area contributed by atoms with Gasteiger partial charge in [-0.05, 0) is 6.42 Å². The van der Waals surface area contributed by atoms with E-state index in [1.165, 1.54) is 12.8 Å². The van der Waals surface area contributed by atoms with Crippen molar-refractivity contribution < 1.29 is 45.5 Å². The first-order valence-corrected chi connectivity index (χ1v) is 3.76. The second kappa shape index (κ2) is 841. The molecular formula is C12H16CoO6-6. The summed E-state index contributed by atoms with van der Waals surface area (Å²) >= 11 is 0. The number of unbranched alkanes of at least 4 members (excludes halogenated alkanes) is 2. The number of terminal acetylenes is 1. The molecule has 6 nitrogen and oxygen atoms in total. The molecular weight excluding hydrogens is 299 g/mol. The van der Waals surface area contributed by atoms with E-state index in [4.69, 9.17) is 35.2 Å². The van der Waals surface area contributed by atoms with E-state index in [1.54, 1.807) is 0 Å². The van der Waals surface area contributed by atoms with Gasteiger partial charge in [0.2, 0.25) is 0 Å². The summed E-state index contributed by atoms with van der Waals surface area (Å²) in [5, 5.41) is 0. The number of hydrogen-bond donors (Lipinski definition) is 0. The van der Waals surface area contributed by atoms with Crippen LogP contribution >= 0.6 is 0 Å². The van der Waals surface area contributed by atoms with Gasteiger partial charge < -0.3 is 28.8 Å². The van der Waals surface area contributed by atoms with Gasteiger partial charge in [0.1, 0.15) is 0 Å². The molecule has 19 heavy (non-hydrogen) atoms. The predicted octanol–water partition coefficient (Wildman–Crippen LogP) is 0.163. The molecule has 0 atom stereocenters. The number of hydrogen-bond acceptors (Lipinski definition) is 6. The van der Waals surface area contributed by atoms with Gasteiger partial charge in [-0.2, -0.15) is 0 Å². The Hall–Kier alpha value is -1.91. The molecule has 7 heteroatoms. The quantitative estimate of drug-likeness (QED) is 0.311. The molecule has 0 aliphatic carbocycles. The zero-order valence-electron chi connectivity index (χ0n) is 10.4. The Balaban J connectivity index is -0.0000000135. The van der Waals surface area contributed by atoms with Gasteiger partial charge in [-0.15, -0.1) is 12.3 Å². The second-order valence-electron chi connectivity index (χ2n) is 1.31. The van der Waals surface area contributed by atoms with Gasteiger partial charge in [-0.25, -0.2) is 0 Å². The average Bonchev–Trinajstić information content (AvgIpc) is 2.57. The van der Waals surface area contributed by atoms with E-state index in [-0.39, 0.29) is 16.8 Å². The maximum absolute atomic E-state index is 7.75. The van der Waals surface area contributed by atoms with Crippen molar-refractivity contribution in [3.63, 3.8) is 0 Å². The van der Waals surface area contributed by atoms with E-state index in [9.17, 15) is 0 Å². The molecule has 0 spiro atoms. The van der Waals surface area contributed by atoms with Crippen LogP contribution in [0.3, 0.4) is 0 Å². The summed E-state index contributed by atoms with van der Waals surface area (Å²) in [7, 11) is 0. The zero-order chi connectivity index (χ0) is 16.8. The van der Waals surface area contributed by atoms with Crippen LogP contribution in [0.25, 0.3) is 0 Å². The van der Waals surface area contributed by atoms with Crippen molar-refractivity contribution in [2.75, 3.05) is 0 Å². The summed E-state index contributed by atoms with van der Waals surface area (Å²) < 4.78 is 0. The molecule has 0 aromatic carbocycles. The van der Waals surface area contributed by atoms with Crippen molar-refractivity contribution in [3.8, 4) is 12.3 Å². The minimum absolute atomic E-state index is 0. The molecule has 0 unspecified atom stereocenters. The third kappa shape index (κ3) is 2700. The van der Waals surface area contributed by atoms with Crippen molar-refractivity contribution >= 4 is 40.7 Å². The third-order valence-corrected chi connectivity index (χ3v) is 0.675. The Bertz CT molecular complexity index is 114. The van der Waals surface area contributed by atoms with E-state index < -0.39 is 0 Å². The van der Waals surface area contributed by atoms with Crippen LogP contribution in [-0.2, 0) is 45.5 Å². The monoisotopic (exact) mass is 315 g/mol. The molecule has 0 aliphatic heterocycles. The molecule has 0 amide bonds. The van der Waals surface area contributed by atoms with Gasteiger partial charge in [0.15, 0.2) is 0 Å². The molecule has 0 saturated carbocycles. The van der Waals surface area contributed by atoms with E-state index in [2.05, 4.69) is 53.6 Å². The molecule has 115 valence electrons. The fourth-order valence-corrected chi connectivity index (χ4v) is 0.279. The Morgan fingerprint density at radius 3 is 1.00 bits per heavy atom. The number of carbonyl (C=O) groups excluding carboxylic acids is 6. The minimum Gasteiger partial charge on any atom is -0.545 e. The predicted molar refractivity (Wildman–Crippen MR) is 68.9 cm³/mol. The molecule has 0 aromatic heterocycles. The molecule has 0 fully saturated rings. The summed E-state index contributed by atoms with van der Waals surface area (Å²) in [5.74, 6) is 2.57. The van der Waals surface area contributed by atoms with E-state index in [0.29, 0.717) is 0 Å². The molecule has 0 aliphatic rings. The van der Waals surface area contributed by atoms with Crippen LogP contribution in [0.15, 0.2) is 0 Å². The molecule has 0 bridgehead atoms. The van der Waals surface area contributed by atoms with Crippen molar-refractivity contribution in [2.45, 2.75) is 26.2 Å². The van der Waals surface area contributed by atoms with Crippen LogP contribution in [0.2, 0.25) is 0 Å². The topological polar surface area (TPSA) is 102 Å². The fraction of sp³-hybridized carbons (Fsp3) is 0.333. The van der Waals surface area contributed by atoms with E-state index in [0.717, 1.165) is 6.42 Å².